The van der Waals surface area contributed by atoms with Gasteiger partial charge in [-0.1, -0.05) is 15.9 Å². The second-order valence-corrected chi connectivity index (χ2v) is 3.66. The van der Waals surface area contributed by atoms with Crippen LogP contribution in [0.2, 0.25) is 0 Å². The Labute approximate surface area is 69.5 Å². The van der Waals surface area contributed by atoms with Gasteiger partial charge in [-0.2, -0.15) is 0 Å². The molecule has 1 rings (SSSR count). The second-order valence-electron chi connectivity index (χ2n) is 1.63. The first-order chi connectivity index (χ1) is 4.20. The van der Waals surface area contributed by atoms with E-state index in [1.807, 2.05) is 0 Å². The molecule has 1 aliphatic heterocycles. The first-order valence-electron chi connectivity index (χ1n) is 2.38. The molecule has 2 nitrogen and oxygen atoms in total. The zero-order valence-electron chi connectivity index (χ0n) is 4.43. The lowest BCUT2D eigenvalue weighted by Crippen LogP contribution is -2.18. The van der Waals surface area contributed by atoms with E-state index in [9.17, 15) is 4.79 Å². The van der Waals surface area contributed by atoms with Crippen molar-refractivity contribution in [2.24, 2.45) is 0 Å². The van der Waals surface area contributed by atoms with Gasteiger partial charge >= 0.3 is 5.97 Å². The molecule has 0 aromatic rings. The van der Waals surface area contributed by atoms with Gasteiger partial charge in [-0.3, -0.25) is 0 Å². The average Bonchev–Trinajstić information content (AvgIpc) is 1.80. The number of hydrogen-bond donors (Lipinski definition) is 0. The number of ether oxygens (including phenoxy) is 1. The molecular weight excluding hydrogens is 252 g/mol. The number of carbonyl (C=O) groups excluding carboxylic acids is 1. The van der Waals surface area contributed by atoms with Crippen molar-refractivity contribution < 1.29 is 9.53 Å². The number of cyclic esters (lactones) is 1. The quantitative estimate of drug-likeness (QED) is 0.486. The van der Waals surface area contributed by atoms with E-state index < -0.39 is 0 Å². The van der Waals surface area contributed by atoms with Gasteiger partial charge in [0.15, 0.2) is 0 Å². The molecule has 0 saturated heterocycles. The summed E-state index contributed by atoms with van der Waals surface area (Å²) in [5.74, 6) is -0.286. The molecule has 9 heavy (non-hydrogen) atoms. The van der Waals surface area contributed by atoms with Crippen molar-refractivity contribution in [2.45, 2.75) is 4.83 Å². The summed E-state index contributed by atoms with van der Waals surface area (Å²) in [4.78, 5) is 10.7. The summed E-state index contributed by atoms with van der Waals surface area (Å²) in [6, 6.07) is 0. The third-order valence-electron chi connectivity index (χ3n) is 0.896. The largest absolute Gasteiger partial charge is 0.460 e. The Kier molecular flexibility index (Phi) is 2.29. The summed E-state index contributed by atoms with van der Waals surface area (Å²) in [5, 5.41) is 0. The second kappa shape index (κ2) is 2.84. The maximum Gasteiger partial charge on any atom is 0.344 e. The fourth-order valence-corrected chi connectivity index (χ4v) is 1.68. The predicted molar refractivity (Wildman–Crippen MR) is 40.7 cm³/mol. The van der Waals surface area contributed by atoms with Crippen LogP contribution in [0.4, 0.5) is 0 Å². The molecule has 0 aromatic heterocycles. The number of halogens is 2. The smallest absolute Gasteiger partial charge is 0.344 e. The third kappa shape index (κ3) is 1.79. The van der Waals surface area contributed by atoms with E-state index in [1.165, 1.54) is 0 Å². The third-order valence-corrected chi connectivity index (χ3v) is 2.01. The van der Waals surface area contributed by atoms with Crippen LogP contribution in [0.3, 0.4) is 0 Å². The van der Waals surface area contributed by atoms with E-state index >= 15 is 0 Å². The van der Waals surface area contributed by atoms with Crippen LogP contribution in [0.25, 0.3) is 0 Å². The van der Waals surface area contributed by atoms with Gasteiger partial charge in [0.05, 0.1) is 9.31 Å². The molecule has 0 spiro atoms. The van der Waals surface area contributed by atoms with E-state index in [-0.39, 0.29) is 10.8 Å². The van der Waals surface area contributed by atoms with E-state index in [0.717, 1.165) is 0 Å². The van der Waals surface area contributed by atoms with Gasteiger partial charge in [0.2, 0.25) is 0 Å². The highest BCUT2D eigenvalue weighted by molar-refractivity contribution is 9.12. The van der Waals surface area contributed by atoms with E-state index in [4.69, 9.17) is 4.74 Å². The number of rotatable bonds is 0. The lowest BCUT2D eigenvalue weighted by molar-refractivity contribution is -0.138. The van der Waals surface area contributed by atoms with Gasteiger partial charge in [0, 0.05) is 0 Å². The molecule has 4 heteroatoms. The molecule has 1 heterocycles. The lowest BCUT2D eigenvalue weighted by Gasteiger charge is -2.12. The Balaban J connectivity index is 2.72. The molecule has 0 fully saturated rings. The zero-order chi connectivity index (χ0) is 6.85. The topological polar surface area (TPSA) is 26.3 Å². The molecule has 0 amide bonds. The number of alkyl halides is 1. The Morgan fingerprint density at radius 2 is 2.44 bits per heavy atom. The Morgan fingerprint density at radius 1 is 1.78 bits per heavy atom. The molecule has 0 radical (unpaired) electrons. The van der Waals surface area contributed by atoms with Crippen LogP contribution in [0.1, 0.15) is 0 Å². The van der Waals surface area contributed by atoms with Crippen molar-refractivity contribution in [1.29, 1.82) is 0 Å². The van der Waals surface area contributed by atoms with Crippen LogP contribution in [0.15, 0.2) is 10.6 Å². The maximum atomic E-state index is 10.6. The first-order valence-corrected chi connectivity index (χ1v) is 4.09. The SMILES string of the molecule is O=C1OCC(Br)C=C1Br. The van der Waals surface area contributed by atoms with Gasteiger partial charge in [0.25, 0.3) is 0 Å². The normalized spacial score (nSPS) is 27.1. The molecule has 1 aliphatic rings. The Morgan fingerprint density at radius 3 is 2.89 bits per heavy atom. The van der Waals surface area contributed by atoms with Gasteiger partial charge in [0.1, 0.15) is 6.61 Å². The van der Waals surface area contributed by atoms with Gasteiger partial charge in [-0.15, -0.1) is 0 Å². The molecular formula is C5H4Br2O2. The van der Waals surface area contributed by atoms with Crippen LogP contribution in [0, 0.1) is 0 Å². The van der Waals surface area contributed by atoms with E-state index in [1.54, 1.807) is 6.08 Å². The van der Waals surface area contributed by atoms with Crippen LogP contribution in [0.5, 0.6) is 0 Å². The zero-order valence-corrected chi connectivity index (χ0v) is 7.61. The summed E-state index contributed by atoms with van der Waals surface area (Å²) in [5.41, 5.74) is 0. The molecule has 0 aromatic carbocycles. The molecule has 0 saturated carbocycles. The summed E-state index contributed by atoms with van der Waals surface area (Å²) < 4.78 is 5.20. The van der Waals surface area contributed by atoms with Crippen LogP contribution in [-0.4, -0.2) is 17.4 Å². The van der Waals surface area contributed by atoms with Crippen LogP contribution in [-0.2, 0) is 9.53 Å². The minimum atomic E-state index is -0.286. The van der Waals surface area contributed by atoms with Gasteiger partial charge in [-0.25, -0.2) is 4.79 Å². The minimum Gasteiger partial charge on any atom is -0.460 e. The predicted octanol–water partition coefficient (Wildman–Crippen LogP) is 1.59. The molecule has 50 valence electrons. The molecule has 0 bridgehead atoms. The first kappa shape index (κ1) is 7.28. The number of esters is 1. The standard InChI is InChI=1S/C5H4Br2O2/c6-3-1-4(7)5(8)9-2-3/h1,3H,2H2. The maximum absolute atomic E-state index is 10.6. The van der Waals surface area contributed by atoms with Crippen molar-refractivity contribution in [2.75, 3.05) is 6.61 Å². The van der Waals surface area contributed by atoms with Crippen molar-refractivity contribution >= 4 is 37.8 Å². The van der Waals surface area contributed by atoms with Gasteiger partial charge in [-0.05, 0) is 22.0 Å². The fraction of sp³-hybridized carbons (Fsp3) is 0.400. The van der Waals surface area contributed by atoms with Crippen molar-refractivity contribution in [3.8, 4) is 0 Å². The summed E-state index contributed by atoms with van der Waals surface area (Å²) in [6.45, 7) is 0.425. The van der Waals surface area contributed by atoms with Crippen LogP contribution < -0.4 is 0 Å². The highest BCUT2D eigenvalue weighted by atomic mass is 79.9. The van der Waals surface area contributed by atoms with Crippen molar-refractivity contribution in [1.82, 2.24) is 0 Å². The fourth-order valence-electron chi connectivity index (χ4n) is 0.499. The molecule has 1 unspecified atom stereocenters. The van der Waals surface area contributed by atoms with Crippen molar-refractivity contribution in [3.63, 3.8) is 0 Å². The summed E-state index contributed by atoms with van der Waals surface area (Å²) >= 11 is 6.32. The van der Waals surface area contributed by atoms with Crippen molar-refractivity contribution in [3.05, 3.63) is 10.6 Å². The molecule has 1 atom stereocenters. The minimum absolute atomic E-state index is 0.157. The summed E-state index contributed by atoms with van der Waals surface area (Å²) in [6.07, 6.45) is 1.77. The molecule has 0 aliphatic carbocycles. The summed E-state index contributed by atoms with van der Waals surface area (Å²) in [7, 11) is 0. The molecule has 0 N–H and O–H groups in total. The van der Waals surface area contributed by atoms with Gasteiger partial charge < -0.3 is 4.74 Å². The highest BCUT2D eigenvalue weighted by Crippen LogP contribution is 2.18. The number of hydrogen-bond acceptors (Lipinski definition) is 2. The lowest BCUT2D eigenvalue weighted by atomic mass is 10.3. The van der Waals surface area contributed by atoms with Crippen LogP contribution >= 0.6 is 31.9 Å². The average molecular weight is 256 g/mol. The van der Waals surface area contributed by atoms with E-state index in [2.05, 4.69) is 31.9 Å². The highest BCUT2D eigenvalue weighted by Gasteiger charge is 2.16. The number of carbonyl (C=O) groups is 1. The van der Waals surface area contributed by atoms with E-state index in [0.29, 0.717) is 11.1 Å². The monoisotopic (exact) mass is 254 g/mol. The Bertz CT molecular complexity index is 164. The Hall–Kier alpha value is 0.170.